The highest BCUT2D eigenvalue weighted by molar-refractivity contribution is 5.61. The average Bonchev–Trinajstić information content (AvgIpc) is 2.78. The summed E-state index contributed by atoms with van der Waals surface area (Å²) in [5.41, 5.74) is 4.45. The van der Waals surface area contributed by atoms with Crippen molar-refractivity contribution in [3.05, 3.63) is 41.6 Å². The van der Waals surface area contributed by atoms with E-state index < -0.39 is 0 Å². The van der Waals surface area contributed by atoms with Crippen LogP contribution >= 0.6 is 0 Å². The molecular weight excluding hydrogens is 384 g/mol. The molecule has 0 radical (unpaired) electrons. The van der Waals surface area contributed by atoms with Gasteiger partial charge in [0.15, 0.2) is 5.82 Å². The molecule has 0 unspecified atom stereocenters. The number of fused-ring (bicyclic) bond motifs is 1. The Morgan fingerprint density at radius 3 is 2.32 bits per heavy atom. The van der Waals surface area contributed by atoms with E-state index in [0.717, 1.165) is 62.8 Å². The molecular formula is C26H38N4O. The Morgan fingerprint density at radius 2 is 1.61 bits per heavy atom. The van der Waals surface area contributed by atoms with Gasteiger partial charge < -0.3 is 10.0 Å². The first-order valence-corrected chi connectivity index (χ1v) is 11.9. The van der Waals surface area contributed by atoms with Gasteiger partial charge in [0.25, 0.3) is 0 Å². The Labute approximate surface area is 187 Å². The number of unbranched alkanes of at least 4 members (excludes halogenated alkanes) is 1. The van der Waals surface area contributed by atoms with Crippen LogP contribution in [0.5, 0.6) is 0 Å². The van der Waals surface area contributed by atoms with Gasteiger partial charge in [0.2, 0.25) is 0 Å². The molecule has 31 heavy (non-hydrogen) atoms. The highest BCUT2D eigenvalue weighted by atomic mass is 16.2. The van der Waals surface area contributed by atoms with Crippen molar-refractivity contribution >= 4 is 5.82 Å². The average molecular weight is 423 g/mol. The molecule has 1 aliphatic heterocycles. The lowest BCUT2D eigenvalue weighted by atomic mass is 9.63. The van der Waals surface area contributed by atoms with E-state index in [-0.39, 0.29) is 10.8 Å². The number of hydrogen-bond acceptors (Lipinski definition) is 5. The number of rotatable bonds is 6. The zero-order valence-corrected chi connectivity index (χ0v) is 19.7. The van der Waals surface area contributed by atoms with E-state index >= 15 is 0 Å². The maximum absolute atomic E-state index is 8.99. The van der Waals surface area contributed by atoms with Crippen LogP contribution in [0.2, 0.25) is 0 Å². The van der Waals surface area contributed by atoms with Crippen molar-refractivity contribution in [3.63, 3.8) is 0 Å². The number of aliphatic hydroxyl groups excluding tert-OH is 1. The normalized spacial score (nSPS) is 20.5. The SMILES string of the molecule is CC1(C)CCC(C)(C)c2cc(-c3nccc(N4CCN(CCCCO)CC4)n3)ccc21. The highest BCUT2D eigenvalue weighted by Gasteiger charge is 2.37. The Balaban J connectivity index is 1.52. The smallest absolute Gasteiger partial charge is 0.161 e. The van der Waals surface area contributed by atoms with Gasteiger partial charge in [-0.05, 0) is 66.3 Å². The maximum atomic E-state index is 8.99. The summed E-state index contributed by atoms with van der Waals surface area (Å²) in [4.78, 5) is 14.5. The van der Waals surface area contributed by atoms with Crippen LogP contribution in [0.25, 0.3) is 11.4 Å². The number of aliphatic hydroxyl groups is 1. The summed E-state index contributed by atoms with van der Waals surface area (Å²) in [5.74, 6) is 1.85. The molecule has 1 saturated heterocycles. The molecule has 1 aromatic heterocycles. The van der Waals surface area contributed by atoms with Gasteiger partial charge in [-0.3, -0.25) is 4.90 Å². The van der Waals surface area contributed by atoms with Crippen LogP contribution in [-0.2, 0) is 10.8 Å². The van der Waals surface area contributed by atoms with Crippen LogP contribution in [0.3, 0.4) is 0 Å². The van der Waals surface area contributed by atoms with Gasteiger partial charge in [0.1, 0.15) is 5.82 Å². The molecule has 0 atom stereocenters. The van der Waals surface area contributed by atoms with Gasteiger partial charge in [0, 0.05) is 44.5 Å². The molecule has 0 spiro atoms. The number of anilines is 1. The molecule has 0 amide bonds. The van der Waals surface area contributed by atoms with Crippen LogP contribution in [0.1, 0.15) is 64.5 Å². The van der Waals surface area contributed by atoms with Crippen molar-refractivity contribution in [3.8, 4) is 11.4 Å². The Kier molecular flexibility index (Phi) is 6.36. The van der Waals surface area contributed by atoms with Crippen molar-refractivity contribution < 1.29 is 5.11 Å². The predicted molar refractivity (Wildman–Crippen MR) is 128 cm³/mol. The zero-order valence-electron chi connectivity index (χ0n) is 19.7. The molecule has 0 bridgehead atoms. The molecule has 0 saturated carbocycles. The van der Waals surface area contributed by atoms with E-state index in [9.17, 15) is 0 Å². The number of hydrogen-bond donors (Lipinski definition) is 1. The molecule has 2 heterocycles. The van der Waals surface area contributed by atoms with E-state index in [4.69, 9.17) is 10.1 Å². The predicted octanol–water partition coefficient (Wildman–Crippen LogP) is 4.39. The van der Waals surface area contributed by atoms with Gasteiger partial charge >= 0.3 is 0 Å². The van der Waals surface area contributed by atoms with Crippen molar-refractivity contribution in [1.29, 1.82) is 0 Å². The molecule has 2 aliphatic rings. The van der Waals surface area contributed by atoms with Gasteiger partial charge in [-0.25, -0.2) is 9.97 Å². The van der Waals surface area contributed by atoms with Crippen LogP contribution in [-0.4, -0.2) is 59.3 Å². The van der Waals surface area contributed by atoms with Crippen LogP contribution < -0.4 is 4.90 Å². The molecule has 2 aromatic rings. The summed E-state index contributed by atoms with van der Waals surface area (Å²) in [7, 11) is 0. The fourth-order valence-electron chi connectivity index (χ4n) is 5.04. The second kappa shape index (κ2) is 8.87. The van der Waals surface area contributed by atoms with Crippen molar-refractivity contribution in [2.75, 3.05) is 44.2 Å². The molecule has 4 rings (SSSR count). The van der Waals surface area contributed by atoms with Crippen LogP contribution in [0.4, 0.5) is 5.82 Å². The first-order chi connectivity index (χ1) is 14.8. The standard InChI is InChI=1S/C26H38N4O/c1-25(2)10-11-26(3,4)22-19-20(7-8-21(22)25)24-27-12-9-23(28-24)30-16-14-29(15-17-30)13-5-6-18-31/h7-9,12,19,31H,5-6,10-11,13-18H2,1-4H3. The van der Waals surface area contributed by atoms with Crippen molar-refractivity contribution in [2.45, 2.75) is 64.2 Å². The lowest BCUT2D eigenvalue weighted by molar-refractivity contribution is 0.232. The minimum atomic E-state index is 0.185. The van der Waals surface area contributed by atoms with Crippen molar-refractivity contribution in [1.82, 2.24) is 14.9 Å². The summed E-state index contributed by atoms with van der Waals surface area (Å²) in [6, 6.07) is 8.90. The van der Waals surface area contributed by atoms with E-state index in [1.807, 2.05) is 12.3 Å². The van der Waals surface area contributed by atoms with Gasteiger partial charge in [-0.1, -0.05) is 39.8 Å². The largest absolute Gasteiger partial charge is 0.396 e. The third-order valence-corrected chi connectivity index (χ3v) is 7.33. The van der Waals surface area contributed by atoms with Gasteiger partial charge in [0.05, 0.1) is 0 Å². The molecule has 1 aromatic carbocycles. The summed E-state index contributed by atoms with van der Waals surface area (Å²) in [6.07, 6.45) is 6.30. The summed E-state index contributed by atoms with van der Waals surface area (Å²) in [5, 5.41) is 8.99. The monoisotopic (exact) mass is 422 g/mol. The van der Waals surface area contributed by atoms with Crippen molar-refractivity contribution in [2.24, 2.45) is 0 Å². The third-order valence-electron chi connectivity index (χ3n) is 7.33. The Morgan fingerprint density at radius 1 is 0.903 bits per heavy atom. The fraction of sp³-hybridized carbons (Fsp3) is 0.615. The van der Waals surface area contributed by atoms with Crippen LogP contribution in [0, 0.1) is 0 Å². The highest BCUT2D eigenvalue weighted by Crippen LogP contribution is 2.46. The van der Waals surface area contributed by atoms with E-state index in [0.29, 0.717) is 6.61 Å². The zero-order chi connectivity index (χ0) is 22.1. The first kappa shape index (κ1) is 22.2. The number of piperazine rings is 1. The minimum Gasteiger partial charge on any atom is -0.396 e. The number of nitrogens with zero attached hydrogens (tertiary/aromatic N) is 4. The number of aromatic nitrogens is 2. The second-order valence-electron chi connectivity index (χ2n) is 10.5. The lowest BCUT2D eigenvalue weighted by Crippen LogP contribution is -2.47. The topological polar surface area (TPSA) is 52.5 Å². The second-order valence-corrected chi connectivity index (χ2v) is 10.5. The first-order valence-electron chi connectivity index (χ1n) is 11.9. The number of benzene rings is 1. The van der Waals surface area contributed by atoms with E-state index in [2.05, 4.69) is 60.7 Å². The molecule has 168 valence electrons. The maximum Gasteiger partial charge on any atom is 0.161 e. The molecule has 5 nitrogen and oxygen atoms in total. The fourth-order valence-corrected chi connectivity index (χ4v) is 5.04. The van der Waals surface area contributed by atoms with Crippen LogP contribution in [0.15, 0.2) is 30.5 Å². The lowest BCUT2D eigenvalue weighted by Gasteiger charge is -2.42. The molecule has 1 aliphatic carbocycles. The van der Waals surface area contributed by atoms with Gasteiger partial charge in [-0.15, -0.1) is 0 Å². The Hall–Kier alpha value is -1.98. The quantitative estimate of drug-likeness (QED) is 0.700. The van der Waals surface area contributed by atoms with Gasteiger partial charge in [-0.2, -0.15) is 0 Å². The molecule has 1 fully saturated rings. The van der Waals surface area contributed by atoms with E-state index in [1.165, 1.54) is 24.0 Å². The molecule has 5 heteroatoms. The third kappa shape index (κ3) is 4.78. The summed E-state index contributed by atoms with van der Waals surface area (Å²) >= 11 is 0. The summed E-state index contributed by atoms with van der Waals surface area (Å²) in [6.45, 7) is 14.9. The van der Waals surface area contributed by atoms with E-state index in [1.54, 1.807) is 0 Å². The molecule has 1 N–H and O–H groups in total. The minimum absolute atomic E-state index is 0.185. The Bertz CT molecular complexity index is 900. The summed E-state index contributed by atoms with van der Waals surface area (Å²) < 4.78 is 0.